The van der Waals surface area contributed by atoms with Crippen molar-refractivity contribution in [2.45, 2.75) is 31.6 Å². The summed E-state index contributed by atoms with van der Waals surface area (Å²) in [5.74, 6) is 2.82. The van der Waals surface area contributed by atoms with Gasteiger partial charge in [-0.05, 0) is 56.5 Å². The molecule has 2 aliphatic rings. The summed E-state index contributed by atoms with van der Waals surface area (Å²) in [4.78, 5) is 13.8. The van der Waals surface area contributed by atoms with E-state index in [1.165, 1.54) is 0 Å². The number of piperidine rings is 2. The molecule has 2 saturated heterocycles. The Morgan fingerprint density at radius 3 is 2.79 bits per heavy atom. The van der Waals surface area contributed by atoms with Crippen LogP contribution < -0.4 is 5.32 Å². The third kappa shape index (κ3) is 3.37. The zero-order valence-corrected chi connectivity index (χ0v) is 15.7. The summed E-state index contributed by atoms with van der Waals surface area (Å²) >= 11 is 0. The molecule has 1 amide bonds. The first-order valence-electron chi connectivity index (χ1n) is 9.98. The van der Waals surface area contributed by atoms with Gasteiger partial charge in [0.25, 0.3) is 0 Å². The highest BCUT2D eigenvalue weighted by atomic mass is 16.1. The van der Waals surface area contributed by atoms with Gasteiger partial charge in [-0.3, -0.25) is 4.79 Å². The van der Waals surface area contributed by atoms with Gasteiger partial charge in [0, 0.05) is 37.8 Å². The maximum atomic E-state index is 11.3. The summed E-state index contributed by atoms with van der Waals surface area (Å²) in [5, 5.41) is 20.7. The lowest BCUT2D eigenvalue weighted by Gasteiger charge is -2.34. The summed E-state index contributed by atoms with van der Waals surface area (Å²) in [6.45, 7) is 3.97. The van der Waals surface area contributed by atoms with Gasteiger partial charge in [0.2, 0.25) is 5.91 Å². The van der Waals surface area contributed by atoms with Crippen molar-refractivity contribution in [2.75, 3.05) is 26.2 Å². The van der Waals surface area contributed by atoms with Crippen molar-refractivity contribution in [3.05, 3.63) is 36.4 Å². The molecular formula is C19H24N8O. The number of fused-ring (bicyclic) bond motifs is 1. The van der Waals surface area contributed by atoms with Crippen molar-refractivity contribution >= 4 is 11.6 Å². The number of carbonyl (C=O) groups excluding carboxylic acids is 1. The van der Waals surface area contributed by atoms with E-state index >= 15 is 0 Å². The highest BCUT2D eigenvalue weighted by Crippen LogP contribution is 2.28. The second-order valence-corrected chi connectivity index (χ2v) is 7.75. The van der Waals surface area contributed by atoms with Gasteiger partial charge in [0.15, 0.2) is 17.3 Å². The number of nitrogens with one attached hydrogen (secondary N) is 1. The number of nitrogens with zero attached hydrogens (tertiary/aromatic N) is 7. The summed E-state index contributed by atoms with van der Waals surface area (Å²) in [6.07, 6.45) is 7.38. The van der Waals surface area contributed by atoms with Gasteiger partial charge >= 0.3 is 0 Å². The number of carbonyl (C=O) groups is 1. The number of rotatable bonds is 4. The SMILES string of the molecule is O=C1CCC(CN2CCC(c3nnc4ccc(-n5cccn5)nn34)CC2)CN1. The molecule has 0 saturated carbocycles. The van der Waals surface area contributed by atoms with E-state index in [9.17, 15) is 4.79 Å². The molecule has 3 aromatic rings. The van der Waals surface area contributed by atoms with E-state index in [1.54, 1.807) is 10.9 Å². The van der Waals surface area contributed by atoms with Crippen LogP contribution in [0.15, 0.2) is 30.6 Å². The second-order valence-electron chi connectivity index (χ2n) is 7.75. The highest BCUT2D eigenvalue weighted by Gasteiger charge is 2.27. The van der Waals surface area contributed by atoms with E-state index in [1.807, 2.05) is 28.9 Å². The lowest BCUT2D eigenvalue weighted by atomic mass is 9.93. The lowest BCUT2D eigenvalue weighted by molar-refractivity contribution is -0.123. The molecule has 1 atom stereocenters. The fraction of sp³-hybridized carbons (Fsp3) is 0.526. The van der Waals surface area contributed by atoms with Gasteiger partial charge in [0.05, 0.1) is 0 Å². The molecule has 9 nitrogen and oxygen atoms in total. The number of aromatic nitrogens is 6. The summed E-state index contributed by atoms with van der Waals surface area (Å²) in [6, 6.07) is 5.73. The maximum absolute atomic E-state index is 11.3. The van der Waals surface area contributed by atoms with E-state index in [0.29, 0.717) is 18.3 Å². The first-order chi connectivity index (χ1) is 13.8. The normalized spacial score (nSPS) is 21.9. The molecule has 0 radical (unpaired) electrons. The molecule has 28 heavy (non-hydrogen) atoms. The molecule has 2 fully saturated rings. The summed E-state index contributed by atoms with van der Waals surface area (Å²) in [7, 11) is 0. The molecule has 0 bridgehead atoms. The minimum absolute atomic E-state index is 0.190. The Kier molecular flexibility index (Phi) is 4.52. The molecule has 0 spiro atoms. The van der Waals surface area contributed by atoms with Gasteiger partial charge in [-0.2, -0.15) is 9.61 Å². The summed E-state index contributed by atoms with van der Waals surface area (Å²) < 4.78 is 3.61. The van der Waals surface area contributed by atoms with Crippen molar-refractivity contribution in [3.8, 4) is 5.82 Å². The zero-order chi connectivity index (χ0) is 18.9. The molecule has 146 valence electrons. The smallest absolute Gasteiger partial charge is 0.220 e. The number of hydrogen-bond donors (Lipinski definition) is 1. The monoisotopic (exact) mass is 380 g/mol. The van der Waals surface area contributed by atoms with Crippen LogP contribution in [0.2, 0.25) is 0 Å². The van der Waals surface area contributed by atoms with Gasteiger partial charge in [0.1, 0.15) is 0 Å². The Bertz CT molecular complexity index is 948. The topological polar surface area (TPSA) is 93.2 Å². The van der Waals surface area contributed by atoms with Crippen LogP contribution in [0.4, 0.5) is 0 Å². The molecule has 5 heterocycles. The van der Waals surface area contributed by atoms with Crippen LogP contribution in [0.25, 0.3) is 11.5 Å². The van der Waals surface area contributed by atoms with E-state index in [0.717, 1.165) is 62.7 Å². The molecule has 9 heteroatoms. The standard InChI is InChI=1S/C19H24N8O/c28-18-5-2-14(12-20-18)13-25-10-6-15(7-11-25)19-23-22-16-3-4-17(24-27(16)19)26-9-1-8-21-26/h1,3-4,8-9,14-15H,2,5-7,10-13H2,(H,20,28). The summed E-state index contributed by atoms with van der Waals surface area (Å²) in [5.41, 5.74) is 0.770. The minimum Gasteiger partial charge on any atom is -0.356 e. The Balaban J connectivity index is 1.26. The van der Waals surface area contributed by atoms with Gasteiger partial charge in [-0.15, -0.1) is 15.3 Å². The predicted molar refractivity (Wildman–Crippen MR) is 102 cm³/mol. The molecule has 0 aromatic carbocycles. The quantitative estimate of drug-likeness (QED) is 0.726. The Morgan fingerprint density at radius 2 is 2.04 bits per heavy atom. The van der Waals surface area contributed by atoms with E-state index in [4.69, 9.17) is 5.10 Å². The van der Waals surface area contributed by atoms with Crippen LogP contribution in [-0.2, 0) is 4.79 Å². The fourth-order valence-corrected chi connectivity index (χ4v) is 4.26. The minimum atomic E-state index is 0.190. The Hall–Kier alpha value is -2.81. The van der Waals surface area contributed by atoms with Gasteiger partial charge in [-0.1, -0.05) is 0 Å². The van der Waals surface area contributed by atoms with Crippen LogP contribution in [0.1, 0.15) is 37.4 Å². The number of likely N-dealkylation sites (tertiary alicyclic amines) is 1. The average molecular weight is 380 g/mol. The Labute approximate surface area is 162 Å². The number of amides is 1. The molecule has 3 aromatic heterocycles. The maximum Gasteiger partial charge on any atom is 0.220 e. The van der Waals surface area contributed by atoms with Crippen LogP contribution in [0.5, 0.6) is 0 Å². The number of hydrogen-bond acceptors (Lipinski definition) is 6. The van der Waals surface area contributed by atoms with Crippen LogP contribution >= 0.6 is 0 Å². The first-order valence-corrected chi connectivity index (χ1v) is 9.98. The van der Waals surface area contributed by atoms with Gasteiger partial charge in [-0.25, -0.2) is 4.68 Å². The lowest BCUT2D eigenvalue weighted by Crippen LogP contribution is -2.43. The molecular weight excluding hydrogens is 356 g/mol. The molecule has 5 rings (SSSR count). The third-order valence-electron chi connectivity index (χ3n) is 5.85. The van der Waals surface area contributed by atoms with E-state index < -0.39 is 0 Å². The second kappa shape index (κ2) is 7.31. The predicted octanol–water partition coefficient (Wildman–Crippen LogP) is 1.02. The van der Waals surface area contributed by atoms with Crippen molar-refractivity contribution < 1.29 is 4.79 Å². The third-order valence-corrected chi connectivity index (χ3v) is 5.85. The van der Waals surface area contributed by atoms with Crippen LogP contribution in [0.3, 0.4) is 0 Å². The molecule has 1 N–H and O–H groups in total. The fourth-order valence-electron chi connectivity index (χ4n) is 4.26. The highest BCUT2D eigenvalue weighted by molar-refractivity contribution is 5.76. The van der Waals surface area contributed by atoms with Crippen molar-refractivity contribution in [1.82, 2.24) is 39.8 Å². The van der Waals surface area contributed by atoms with Crippen molar-refractivity contribution in [3.63, 3.8) is 0 Å². The van der Waals surface area contributed by atoms with Gasteiger partial charge < -0.3 is 10.2 Å². The van der Waals surface area contributed by atoms with Crippen LogP contribution in [0, 0.1) is 5.92 Å². The molecule has 2 aliphatic heterocycles. The Morgan fingerprint density at radius 1 is 1.14 bits per heavy atom. The van der Waals surface area contributed by atoms with E-state index in [-0.39, 0.29) is 5.91 Å². The average Bonchev–Trinajstić information content (AvgIpc) is 3.40. The van der Waals surface area contributed by atoms with E-state index in [2.05, 4.69) is 25.5 Å². The largest absolute Gasteiger partial charge is 0.356 e. The molecule has 0 aliphatic carbocycles. The first kappa shape index (κ1) is 17.3. The van der Waals surface area contributed by atoms with Crippen molar-refractivity contribution in [2.24, 2.45) is 5.92 Å². The van der Waals surface area contributed by atoms with Crippen molar-refractivity contribution in [1.29, 1.82) is 0 Å². The van der Waals surface area contributed by atoms with Crippen LogP contribution in [-0.4, -0.2) is 66.6 Å². The molecule has 1 unspecified atom stereocenters. The zero-order valence-electron chi connectivity index (χ0n) is 15.7.